The summed E-state index contributed by atoms with van der Waals surface area (Å²) in [5, 5.41) is 2.79. The SMILES string of the molecule is C=C[C@]1(COC(c2ccccc2)(c2ccc(OC)cc2)c2ccc(OC)cc2)C(=C)[C@@H](n2cnc3c(NC(=O)OC(C)(C)C)ncnc32)C[C@@H]1OC(c1ccccc1)(c1ccc(OC)cc1)c1ccc(OC)cc1. The Morgan fingerprint density at radius 1 is 0.635 bits per heavy atom. The van der Waals surface area contributed by atoms with Gasteiger partial charge in [0.25, 0.3) is 0 Å². The van der Waals surface area contributed by atoms with Gasteiger partial charge in [-0.05, 0) is 115 Å². The number of anilines is 1. The minimum absolute atomic E-state index is 0.0204. The Kier molecular flexibility index (Phi) is 14.4. The maximum Gasteiger partial charge on any atom is 0.413 e. The van der Waals surface area contributed by atoms with Crippen LogP contribution in [0.3, 0.4) is 0 Å². The summed E-state index contributed by atoms with van der Waals surface area (Å²) in [7, 11) is 6.60. The molecule has 1 saturated carbocycles. The lowest BCUT2D eigenvalue weighted by Crippen LogP contribution is -2.46. The highest BCUT2D eigenvalue weighted by Crippen LogP contribution is 2.57. The monoisotopic (exact) mass is 991 g/mol. The van der Waals surface area contributed by atoms with E-state index in [0.29, 0.717) is 40.6 Å². The third kappa shape index (κ3) is 9.47. The van der Waals surface area contributed by atoms with Crippen molar-refractivity contribution in [1.29, 1.82) is 0 Å². The number of benzene rings is 6. The number of hydrogen-bond donors (Lipinski definition) is 1. The number of nitrogens with one attached hydrogen (secondary N) is 1. The molecule has 6 aromatic carbocycles. The van der Waals surface area contributed by atoms with Gasteiger partial charge in [-0.15, -0.1) is 6.58 Å². The van der Waals surface area contributed by atoms with E-state index in [2.05, 4.69) is 41.1 Å². The molecule has 13 nitrogen and oxygen atoms in total. The molecule has 13 heteroatoms. The van der Waals surface area contributed by atoms with Gasteiger partial charge in [-0.1, -0.05) is 122 Å². The summed E-state index contributed by atoms with van der Waals surface area (Å²) < 4.78 is 46.3. The summed E-state index contributed by atoms with van der Waals surface area (Å²) in [6, 6.07) is 51.6. The van der Waals surface area contributed by atoms with Gasteiger partial charge in [0, 0.05) is 0 Å². The second-order valence-corrected chi connectivity index (χ2v) is 19.1. The molecule has 9 rings (SSSR count). The maximum atomic E-state index is 13.1. The molecule has 1 fully saturated rings. The number of hydrogen-bond acceptors (Lipinski definition) is 11. The van der Waals surface area contributed by atoms with E-state index in [4.69, 9.17) is 49.7 Å². The Bertz CT molecular complexity index is 3120. The number of aromatic nitrogens is 4. The molecule has 74 heavy (non-hydrogen) atoms. The van der Waals surface area contributed by atoms with Gasteiger partial charge in [-0.3, -0.25) is 5.32 Å². The van der Waals surface area contributed by atoms with Crippen LogP contribution in [0.5, 0.6) is 23.0 Å². The highest BCUT2D eigenvalue weighted by Gasteiger charge is 2.56. The average Bonchev–Trinajstić information content (AvgIpc) is 3.99. The zero-order chi connectivity index (χ0) is 52.1. The molecule has 1 aliphatic rings. The zero-order valence-electron chi connectivity index (χ0n) is 42.8. The predicted octanol–water partition coefficient (Wildman–Crippen LogP) is 12.3. The summed E-state index contributed by atoms with van der Waals surface area (Å²) >= 11 is 0. The van der Waals surface area contributed by atoms with E-state index in [1.54, 1.807) is 55.5 Å². The van der Waals surface area contributed by atoms with Gasteiger partial charge in [0.1, 0.15) is 46.1 Å². The van der Waals surface area contributed by atoms with Crippen LogP contribution in [0.25, 0.3) is 11.2 Å². The van der Waals surface area contributed by atoms with Crippen LogP contribution >= 0.6 is 0 Å². The Morgan fingerprint density at radius 2 is 1.07 bits per heavy atom. The van der Waals surface area contributed by atoms with Gasteiger partial charge in [0.05, 0.1) is 58.9 Å². The molecule has 0 unspecified atom stereocenters. The summed E-state index contributed by atoms with van der Waals surface area (Å²) in [5.41, 5.74) is 2.33. The molecule has 2 heterocycles. The molecule has 1 amide bonds. The van der Waals surface area contributed by atoms with Crippen molar-refractivity contribution in [2.24, 2.45) is 5.41 Å². The van der Waals surface area contributed by atoms with Crippen LogP contribution < -0.4 is 24.3 Å². The molecule has 0 saturated heterocycles. The number of fused-ring (bicyclic) bond motifs is 1. The molecule has 0 radical (unpaired) electrons. The van der Waals surface area contributed by atoms with Crippen LogP contribution in [0.1, 0.15) is 66.6 Å². The molecular weight excluding hydrogens is 931 g/mol. The minimum Gasteiger partial charge on any atom is -0.497 e. The highest BCUT2D eigenvalue weighted by molar-refractivity contribution is 5.93. The zero-order valence-corrected chi connectivity index (χ0v) is 42.8. The number of rotatable bonds is 18. The number of ether oxygens (including phenoxy) is 7. The molecule has 378 valence electrons. The Morgan fingerprint density at radius 3 is 1.50 bits per heavy atom. The van der Waals surface area contributed by atoms with Crippen molar-refractivity contribution in [3.05, 3.63) is 229 Å². The predicted molar refractivity (Wildman–Crippen MR) is 286 cm³/mol. The highest BCUT2D eigenvalue weighted by atomic mass is 16.6. The fourth-order valence-electron chi connectivity index (χ4n) is 10.1. The Balaban J connectivity index is 1.27. The number of imidazole rings is 1. The first-order chi connectivity index (χ1) is 35.8. The lowest BCUT2D eigenvalue weighted by atomic mass is 9.76. The first kappa shape index (κ1) is 50.7. The molecule has 8 aromatic rings. The summed E-state index contributed by atoms with van der Waals surface area (Å²) in [5.74, 6) is 2.98. The first-order valence-corrected chi connectivity index (χ1v) is 24.3. The van der Waals surface area contributed by atoms with Gasteiger partial charge < -0.3 is 37.7 Å². The third-order valence-electron chi connectivity index (χ3n) is 13.9. The normalized spacial score (nSPS) is 16.9. The maximum absolute atomic E-state index is 13.1. The van der Waals surface area contributed by atoms with Crippen LogP contribution in [-0.4, -0.2) is 72.4 Å². The molecule has 1 aliphatic carbocycles. The lowest BCUT2D eigenvalue weighted by molar-refractivity contribution is -0.110. The van der Waals surface area contributed by atoms with Crippen molar-refractivity contribution in [2.45, 2.75) is 56.1 Å². The molecule has 0 bridgehead atoms. The van der Waals surface area contributed by atoms with Crippen molar-refractivity contribution in [3.63, 3.8) is 0 Å². The van der Waals surface area contributed by atoms with E-state index in [1.165, 1.54) is 6.33 Å². The topological polar surface area (TPSA) is 137 Å². The number of amides is 1. The smallest absolute Gasteiger partial charge is 0.413 e. The van der Waals surface area contributed by atoms with E-state index in [-0.39, 0.29) is 12.4 Å². The fourth-order valence-corrected chi connectivity index (χ4v) is 10.1. The molecular formula is C61H61N5O8. The summed E-state index contributed by atoms with van der Waals surface area (Å²) in [6.07, 6.45) is 3.97. The molecule has 0 spiro atoms. The quantitative estimate of drug-likeness (QED) is 0.0649. The van der Waals surface area contributed by atoms with E-state index in [9.17, 15) is 4.79 Å². The van der Waals surface area contributed by atoms with Crippen molar-refractivity contribution in [3.8, 4) is 23.0 Å². The molecule has 1 N–H and O–H groups in total. The Labute approximate surface area is 432 Å². The van der Waals surface area contributed by atoms with Crippen LogP contribution in [-0.2, 0) is 25.4 Å². The second-order valence-electron chi connectivity index (χ2n) is 19.1. The van der Waals surface area contributed by atoms with Crippen LogP contribution in [0.15, 0.2) is 195 Å². The van der Waals surface area contributed by atoms with Gasteiger partial charge in [0.15, 0.2) is 17.0 Å². The van der Waals surface area contributed by atoms with Gasteiger partial charge in [0.2, 0.25) is 0 Å². The standard InChI is InChI=1S/C61H61N5O8/c1-10-59(38-72-60(42-17-13-11-14-18-42,44-21-29-48(68-6)30-22-44)45-23-31-49(69-7)32-24-45)41(2)52(66-40-64-54-55(62-39-63-56(54)66)65-57(67)74-58(3,4)5)37-53(59)73-61(43-19-15-12-16-20-43,46-25-33-50(70-8)34-26-46)47-27-35-51(71-9)36-28-47/h10-36,39-40,52-53H,1-2,37-38H2,3-9H3,(H,62,63,65,67)/t52-,53-,59-/m0/s1. The third-order valence-corrected chi connectivity index (χ3v) is 13.9. The summed E-state index contributed by atoms with van der Waals surface area (Å²) in [6.45, 7) is 15.0. The number of carbonyl (C=O) groups excluding carboxylic acids is 1. The number of methoxy groups -OCH3 is 4. The second kappa shape index (κ2) is 21.1. The van der Waals surface area contributed by atoms with Crippen molar-refractivity contribution >= 4 is 23.1 Å². The van der Waals surface area contributed by atoms with Gasteiger partial charge in [-0.2, -0.15) is 0 Å². The number of carbonyl (C=O) groups is 1. The van der Waals surface area contributed by atoms with E-state index in [1.807, 2.05) is 144 Å². The van der Waals surface area contributed by atoms with Crippen molar-refractivity contribution in [2.75, 3.05) is 40.4 Å². The van der Waals surface area contributed by atoms with E-state index >= 15 is 0 Å². The Hall–Kier alpha value is -8.26. The number of nitrogens with zero attached hydrogens (tertiary/aromatic N) is 4. The lowest BCUT2D eigenvalue weighted by Gasteiger charge is -2.45. The molecule has 2 aromatic heterocycles. The first-order valence-electron chi connectivity index (χ1n) is 24.3. The van der Waals surface area contributed by atoms with E-state index in [0.717, 1.165) is 39.0 Å². The van der Waals surface area contributed by atoms with E-state index < -0.39 is 40.5 Å². The molecule has 0 aliphatic heterocycles. The molecule has 3 atom stereocenters. The van der Waals surface area contributed by atoms with Crippen molar-refractivity contribution in [1.82, 2.24) is 19.5 Å². The largest absolute Gasteiger partial charge is 0.497 e. The average molecular weight is 992 g/mol. The van der Waals surface area contributed by atoms with Gasteiger partial charge >= 0.3 is 6.09 Å². The van der Waals surface area contributed by atoms with Crippen LogP contribution in [0.2, 0.25) is 0 Å². The minimum atomic E-state index is -1.26. The van der Waals surface area contributed by atoms with Gasteiger partial charge in [-0.25, -0.2) is 19.7 Å². The van der Waals surface area contributed by atoms with Crippen LogP contribution in [0.4, 0.5) is 10.6 Å². The summed E-state index contributed by atoms with van der Waals surface area (Å²) in [4.78, 5) is 27.1. The van der Waals surface area contributed by atoms with Crippen molar-refractivity contribution < 1.29 is 38.0 Å². The fraction of sp³-hybridized carbons (Fsp3) is 0.246. The van der Waals surface area contributed by atoms with Crippen LogP contribution in [0, 0.1) is 5.41 Å².